The Labute approximate surface area is 176 Å². The molecule has 2 heterocycles. The van der Waals surface area contributed by atoms with E-state index in [-0.39, 0.29) is 28.0 Å². The molecule has 0 radical (unpaired) electrons. The van der Waals surface area contributed by atoms with Gasteiger partial charge in [0.05, 0.1) is 16.4 Å². The number of hydrogen-bond donors (Lipinski definition) is 2. The number of benzene rings is 1. The van der Waals surface area contributed by atoms with Crippen molar-refractivity contribution in [2.45, 2.75) is 18.2 Å². The average molecular weight is 451 g/mol. The summed E-state index contributed by atoms with van der Waals surface area (Å²) >= 11 is 3.62. The molecule has 0 aliphatic heterocycles. The Morgan fingerprint density at radius 2 is 2.00 bits per heavy atom. The normalized spacial score (nSPS) is 10.6. The summed E-state index contributed by atoms with van der Waals surface area (Å²) in [6, 6.07) is 4.22. The number of carbonyl (C=O) groups is 2. The quantitative estimate of drug-likeness (QED) is 0.241. The van der Waals surface area contributed by atoms with Gasteiger partial charge in [0, 0.05) is 22.6 Å². The van der Waals surface area contributed by atoms with Crippen molar-refractivity contribution < 1.29 is 14.5 Å². The molecule has 2 aromatic heterocycles. The van der Waals surface area contributed by atoms with E-state index in [4.69, 9.17) is 0 Å². The molecule has 150 valence electrons. The number of aromatic nitrogens is 3. The summed E-state index contributed by atoms with van der Waals surface area (Å²) in [4.78, 5) is 38.9. The maximum absolute atomic E-state index is 12.3. The number of thiazole rings is 1. The van der Waals surface area contributed by atoms with Crippen LogP contribution >= 0.6 is 34.4 Å². The molecule has 0 atom stereocenters. The minimum absolute atomic E-state index is 0.116. The van der Waals surface area contributed by atoms with E-state index < -0.39 is 10.8 Å². The summed E-state index contributed by atoms with van der Waals surface area (Å²) in [6.45, 7) is 3.44. The van der Waals surface area contributed by atoms with Crippen LogP contribution in [0.15, 0.2) is 27.9 Å². The fourth-order valence-corrected chi connectivity index (χ4v) is 4.38. The van der Waals surface area contributed by atoms with Gasteiger partial charge in [0.1, 0.15) is 0 Å². The van der Waals surface area contributed by atoms with E-state index in [1.54, 1.807) is 6.92 Å². The zero-order valence-corrected chi connectivity index (χ0v) is 17.6. The molecular weight excluding hydrogens is 436 g/mol. The van der Waals surface area contributed by atoms with Crippen molar-refractivity contribution in [3.05, 3.63) is 50.5 Å². The number of nitrogens with zero attached hydrogens (tertiary/aromatic N) is 4. The second-order valence-corrected chi connectivity index (χ2v) is 8.77. The van der Waals surface area contributed by atoms with Gasteiger partial charge in [-0.25, -0.2) is 4.98 Å². The van der Waals surface area contributed by atoms with Crippen LogP contribution in [0.4, 0.5) is 16.0 Å². The number of aryl methyl sites for hydroxylation is 2. The average Bonchev–Trinajstić information content (AvgIpc) is 3.28. The van der Waals surface area contributed by atoms with E-state index in [1.165, 1.54) is 41.3 Å². The molecule has 3 aromatic rings. The van der Waals surface area contributed by atoms with Crippen molar-refractivity contribution in [2.24, 2.45) is 0 Å². The number of carbonyl (C=O) groups excluding carboxylic acids is 2. The lowest BCUT2D eigenvalue weighted by atomic mass is 10.1. The van der Waals surface area contributed by atoms with Gasteiger partial charge in [-0.05, 0) is 19.9 Å². The van der Waals surface area contributed by atoms with E-state index in [9.17, 15) is 19.7 Å². The van der Waals surface area contributed by atoms with Crippen LogP contribution in [0.1, 0.15) is 21.6 Å². The van der Waals surface area contributed by atoms with E-state index in [1.807, 2.05) is 12.3 Å². The lowest BCUT2D eigenvalue weighted by molar-refractivity contribution is -0.385. The zero-order chi connectivity index (χ0) is 21.0. The van der Waals surface area contributed by atoms with Gasteiger partial charge in [-0.2, -0.15) is 0 Å². The van der Waals surface area contributed by atoms with E-state index in [0.29, 0.717) is 15.0 Å². The highest BCUT2D eigenvalue weighted by molar-refractivity contribution is 8.01. The predicted molar refractivity (Wildman–Crippen MR) is 112 cm³/mol. The van der Waals surface area contributed by atoms with Gasteiger partial charge in [0.25, 0.3) is 11.6 Å². The Morgan fingerprint density at radius 1 is 1.21 bits per heavy atom. The zero-order valence-electron chi connectivity index (χ0n) is 15.2. The number of anilines is 2. The Kier molecular flexibility index (Phi) is 6.51. The smallest absolute Gasteiger partial charge is 0.273 e. The molecular formula is C16H14N6O4S3. The van der Waals surface area contributed by atoms with Crippen molar-refractivity contribution >= 4 is 62.2 Å². The van der Waals surface area contributed by atoms with Gasteiger partial charge in [-0.15, -0.1) is 21.5 Å². The summed E-state index contributed by atoms with van der Waals surface area (Å²) in [5, 5.41) is 26.7. The minimum Gasteiger partial charge on any atom is -0.301 e. The van der Waals surface area contributed by atoms with Crippen LogP contribution < -0.4 is 10.6 Å². The first-order valence-corrected chi connectivity index (χ1v) is 10.7. The van der Waals surface area contributed by atoms with Gasteiger partial charge in [-0.1, -0.05) is 29.2 Å². The molecule has 29 heavy (non-hydrogen) atoms. The molecule has 0 unspecified atom stereocenters. The molecule has 0 saturated heterocycles. The first-order valence-electron chi connectivity index (χ1n) is 8.06. The number of nitro benzene ring substituents is 1. The number of nitro groups is 1. The first kappa shape index (κ1) is 20.8. The number of nitrogens with one attached hydrogen (secondary N) is 2. The molecule has 0 aliphatic rings. The molecule has 0 bridgehead atoms. The molecule has 13 heteroatoms. The van der Waals surface area contributed by atoms with Crippen LogP contribution in [0.25, 0.3) is 0 Å². The number of hydrogen-bond acceptors (Lipinski definition) is 10. The Hall–Kier alpha value is -2.90. The van der Waals surface area contributed by atoms with Crippen LogP contribution in [0.5, 0.6) is 0 Å². The van der Waals surface area contributed by atoms with Gasteiger partial charge in [0.2, 0.25) is 11.0 Å². The monoisotopic (exact) mass is 450 g/mol. The van der Waals surface area contributed by atoms with Crippen LogP contribution in [0.2, 0.25) is 0 Å². The third kappa shape index (κ3) is 5.56. The molecule has 2 amide bonds. The molecule has 1 aromatic carbocycles. The molecule has 3 rings (SSSR count). The second-order valence-electron chi connectivity index (χ2n) is 5.72. The fourth-order valence-electron chi connectivity index (χ4n) is 2.13. The molecule has 2 N–H and O–H groups in total. The summed E-state index contributed by atoms with van der Waals surface area (Å²) in [7, 11) is 0. The van der Waals surface area contributed by atoms with Crippen molar-refractivity contribution in [2.75, 3.05) is 16.4 Å². The van der Waals surface area contributed by atoms with Crippen LogP contribution in [0, 0.1) is 24.0 Å². The van der Waals surface area contributed by atoms with Gasteiger partial charge in [0.15, 0.2) is 9.47 Å². The summed E-state index contributed by atoms with van der Waals surface area (Å²) in [5.41, 5.74) is 1.31. The first-order chi connectivity index (χ1) is 13.8. The van der Waals surface area contributed by atoms with Crippen molar-refractivity contribution in [1.29, 1.82) is 0 Å². The van der Waals surface area contributed by atoms with Gasteiger partial charge < -0.3 is 5.32 Å². The second kappa shape index (κ2) is 9.07. The maximum atomic E-state index is 12.3. The predicted octanol–water partition coefficient (Wildman–Crippen LogP) is 3.50. The van der Waals surface area contributed by atoms with Crippen LogP contribution in [-0.4, -0.2) is 37.7 Å². The lowest BCUT2D eigenvalue weighted by Crippen LogP contribution is -2.13. The number of amides is 2. The maximum Gasteiger partial charge on any atom is 0.273 e. The number of rotatable bonds is 7. The summed E-state index contributed by atoms with van der Waals surface area (Å²) < 4.78 is 0.501. The lowest BCUT2D eigenvalue weighted by Gasteiger charge is -2.02. The summed E-state index contributed by atoms with van der Waals surface area (Å²) in [5.74, 6) is -0.638. The van der Waals surface area contributed by atoms with Gasteiger partial charge in [-0.3, -0.25) is 25.0 Å². The Bertz CT molecular complexity index is 1080. The third-order valence-electron chi connectivity index (χ3n) is 3.49. The molecule has 0 spiro atoms. The topological polar surface area (TPSA) is 140 Å². The highest BCUT2D eigenvalue weighted by atomic mass is 32.2. The van der Waals surface area contributed by atoms with Crippen LogP contribution in [-0.2, 0) is 4.79 Å². The van der Waals surface area contributed by atoms with E-state index in [2.05, 4.69) is 25.8 Å². The van der Waals surface area contributed by atoms with E-state index >= 15 is 0 Å². The number of thioether (sulfide) groups is 1. The molecule has 10 nitrogen and oxygen atoms in total. The standard InChI is InChI=1S/C16H14N6O4S3/c1-8-3-4-10(5-11(8)22(25)26)13(24)19-15-20-21-16(29-15)28-7-12(23)18-14-17-9(2)6-27-14/h3-6H,7H2,1-2H3,(H,17,18,23)(H,19,20,24). The van der Waals surface area contributed by atoms with Crippen molar-refractivity contribution in [3.63, 3.8) is 0 Å². The Balaban J connectivity index is 1.56. The highest BCUT2D eigenvalue weighted by Gasteiger charge is 2.17. The SMILES string of the molecule is Cc1csc(NC(=O)CSc2nnc(NC(=O)c3ccc(C)c([N+](=O)[O-])c3)s2)n1. The van der Waals surface area contributed by atoms with Crippen LogP contribution in [0.3, 0.4) is 0 Å². The summed E-state index contributed by atoms with van der Waals surface area (Å²) in [6.07, 6.45) is 0. The van der Waals surface area contributed by atoms with Crippen molar-refractivity contribution in [3.8, 4) is 0 Å². The third-order valence-corrected chi connectivity index (χ3v) is 6.33. The fraction of sp³-hybridized carbons (Fsp3) is 0.188. The largest absolute Gasteiger partial charge is 0.301 e. The minimum atomic E-state index is -0.538. The molecule has 0 saturated carbocycles. The molecule has 0 fully saturated rings. The van der Waals surface area contributed by atoms with Crippen molar-refractivity contribution in [1.82, 2.24) is 15.2 Å². The Morgan fingerprint density at radius 3 is 2.69 bits per heavy atom. The van der Waals surface area contributed by atoms with Gasteiger partial charge >= 0.3 is 0 Å². The molecule has 0 aliphatic carbocycles. The highest BCUT2D eigenvalue weighted by Crippen LogP contribution is 2.27. The van der Waals surface area contributed by atoms with E-state index in [0.717, 1.165) is 17.0 Å².